The average Bonchev–Trinajstić information content (AvgIpc) is 2.47. The van der Waals surface area contributed by atoms with E-state index in [9.17, 15) is 0 Å². The molecule has 0 fully saturated rings. The Hall–Kier alpha value is -1.87. The van der Waals surface area contributed by atoms with E-state index in [1.165, 1.54) is 11.3 Å². The van der Waals surface area contributed by atoms with Crippen LogP contribution in [0.5, 0.6) is 0 Å². The van der Waals surface area contributed by atoms with E-state index in [1.54, 1.807) is 0 Å². The molecule has 0 amide bonds. The van der Waals surface area contributed by atoms with E-state index in [0.29, 0.717) is 6.54 Å². The topological polar surface area (TPSA) is 42.1 Å². The van der Waals surface area contributed by atoms with E-state index in [1.807, 2.05) is 13.8 Å². The van der Waals surface area contributed by atoms with Gasteiger partial charge in [0.1, 0.15) is 0 Å². The van der Waals surface area contributed by atoms with Crippen LogP contribution in [0.3, 0.4) is 0 Å². The van der Waals surface area contributed by atoms with Crippen LogP contribution in [0.25, 0.3) is 0 Å². The number of hydrogen-bond acceptors (Lipinski definition) is 3. The Bertz CT molecular complexity index is 579. The van der Waals surface area contributed by atoms with Crippen LogP contribution in [0.2, 0.25) is 0 Å². The normalized spacial score (nSPS) is 10.7. The standard InChI is InChI=1S/C18H25N3/c1-14-12-18(17(13-19)15(2)20-14)21(3)11-7-10-16-8-5-4-6-9-16/h4-6,8-9,12H,7,10-11,13,19H2,1-3H3. The molecule has 0 radical (unpaired) electrons. The second-order valence-electron chi connectivity index (χ2n) is 5.56. The molecule has 0 bridgehead atoms. The molecular weight excluding hydrogens is 258 g/mol. The third-order valence-electron chi connectivity index (χ3n) is 3.85. The van der Waals surface area contributed by atoms with Gasteiger partial charge in [-0.15, -0.1) is 0 Å². The number of benzene rings is 1. The zero-order valence-corrected chi connectivity index (χ0v) is 13.3. The van der Waals surface area contributed by atoms with Crippen LogP contribution in [0.4, 0.5) is 5.69 Å². The smallest absolute Gasteiger partial charge is 0.0445 e. The first-order valence-corrected chi connectivity index (χ1v) is 7.54. The maximum atomic E-state index is 5.89. The highest BCUT2D eigenvalue weighted by atomic mass is 15.1. The summed E-state index contributed by atoms with van der Waals surface area (Å²) in [5.41, 5.74) is 11.8. The zero-order valence-electron chi connectivity index (χ0n) is 13.3. The van der Waals surface area contributed by atoms with E-state index < -0.39 is 0 Å². The summed E-state index contributed by atoms with van der Waals surface area (Å²) >= 11 is 0. The van der Waals surface area contributed by atoms with Crippen molar-refractivity contribution in [1.82, 2.24) is 4.98 Å². The molecule has 1 aromatic carbocycles. The molecule has 2 rings (SSSR count). The van der Waals surface area contributed by atoms with Gasteiger partial charge >= 0.3 is 0 Å². The summed E-state index contributed by atoms with van der Waals surface area (Å²) in [6.45, 7) is 5.63. The number of aryl methyl sites for hydroxylation is 3. The summed E-state index contributed by atoms with van der Waals surface area (Å²) in [5, 5.41) is 0. The minimum absolute atomic E-state index is 0.539. The number of hydrogen-bond donors (Lipinski definition) is 1. The molecule has 3 nitrogen and oxygen atoms in total. The molecule has 2 aromatic rings. The van der Waals surface area contributed by atoms with Gasteiger partial charge < -0.3 is 10.6 Å². The SMILES string of the molecule is Cc1cc(N(C)CCCc2ccccc2)c(CN)c(C)n1. The van der Waals surface area contributed by atoms with Gasteiger partial charge in [-0.3, -0.25) is 4.98 Å². The maximum absolute atomic E-state index is 5.89. The van der Waals surface area contributed by atoms with Gasteiger partial charge in [-0.25, -0.2) is 0 Å². The van der Waals surface area contributed by atoms with Crippen molar-refractivity contribution in [2.45, 2.75) is 33.2 Å². The molecule has 1 aromatic heterocycles. The van der Waals surface area contributed by atoms with Gasteiger partial charge in [0.15, 0.2) is 0 Å². The first-order chi connectivity index (χ1) is 10.1. The first-order valence-electron chi connectivity index (χ1n) is 7.54. The quantitative estimate of drug-likeness (QED) is 0.885. The molecule has 0 aliphatic rings. The van der Waals surface area contributed by atoms with Crippen LogP contribution in [-0.4, -0.2) is 18.6 Å². The molecule has 2 N–H and O–H groups in total. The number of rotatable bonds is 6. The highest BCUT2D eigenvalue weighted by Crippen LogP contribution is 2.23. The molecule has 21 heavy (non-hydrogen) atoms. The number of aromatic nitrogens is 1. The van der Waals surface area contributed by atoms with Crippen molar-refractivity contribution in [3.8, 4) is 0 Å². The molecule has 3 heteroatoms. The molecule has 112 valence electrons. The molecule has 0 spiro atoms. The summed E-state index contributed by atoms with van der Waals surface area (Å²) in [7, 11) is 2.14. The lowest BCUT2D eigenvalue weighted by molar-refractivity contribution is 0.778. The van der Waals surface area contributed by atoms with Crippen molar-refractivity contribution >= 4 is 5.69 Å². The van der Waals surface area contributed by atoms with Crippen molar-refractivity contribution in [3.63, 3.8) is 0 Å². The van der Waals surface area contributed by atoms with E-state index in [4.69, 9.17) is 5.73 Å². The number of nitrogens with zero attached hydrogens (tertiary/aromatic N) is 2. The van der Waals surface area contributed by atoms with E-state index in [2.05, 4.69) is 53.3 Å². The molecule has 1 heterocycles. The highest BCUT2D eigenvalue weighted by molar-refractivity contribution is 5.55. The maximum Gasteiger partial charge on any atom is 0.0445 e. The predicted octanol–water partition coefficient (Wildman–Crippen LogP) is 3.23. The van der Waals surface area contributed by atoms with Crippen molar-refractivity contribution in [1.29, 1.82) is 0 Å². The first kappa shape index (κ1) is 15.5. The van der Waals surface area contributed by atoms with E-state index in [-0.39, 0.29) is 0 Å². The lowest BCUT2D eigenvalue weighted by Gasteiger charge is -2.23. The Labute approximate surface area is 127 Å². The van der Waals surface area contributed by atoms with Crippen molar-refractivity contribution < 1.29 is 0 Å². The van der Waals surface area contributed by atoms with Gasteiger partial charge in [-0.1, -0.05) is 30.3 Å². The van der Waals surface area contributed by atoms with Gasteiger partial charge in [0.25, 0.3) is 0 Å². The fourth-order valence-electron chi connectivity index (χ4n) is 2.71. The van der Waals surface area contributed by atoms with Crippen molar-refractivity contribution in [3.05, 3.63) is 58.9 Å². The van der Waals surface area contributed by atoms with Crippen LogP contribution < -0.4 is 10.6 Å². The van der Waals surface area contributed by atoms with Crippen LogP contribution in [0.15, 0.2) is 36.4 Å². The summed E-state index contributed by atoms with van der Waals surface area (Å²) in [4.78, 5) is 6.81. The van der Waals surface area contributed by atoms with Crippen LogP contribution >= 0.6 is 0 Å². The molecule has 0 aliphatic carbocycles. The zero-order chi connectivity index (χ0) is 15.2. The number of anilines is 1. The van der Waals surface area contributed by atoms with Crippen molar-refractivity contribution in [2.75, 3.05) is 18.5 Å². The minimum Gasteiger partial charge on any atom is -0.374 e. The fourth-order valence-corrected chi connectivity index (χ4v) is 2.71. The second kappa shape index (κ2) is 7.23. The third-order valence-corrected chi connectivity index (χ3v) is 3.85. The van der Waals surface area contributed by atoms with Gasteiger partial charge in [0, 0.05) is 42.8 Å². The fraction of sp³-hybridized carbons (Fsp3) is 0.389. The molecule has 0 aliphatic heterocycles. The van der Waals surface area contributed by atoms with Crippen LogP contribution in [0.1, 0.15) is 28.9 Å². The van der Waals surface area contributed by atoms with Gasteiger partial charge in [-0.2, -0.15) is 0 Å². The summed E-state index contributed by atoms with van der Waals surface area (Å²) in [5.74, 6) is 0. The number of pyridine rings is 1. The summed E-state index contributed by atoms with van der Waals surface area (Å²) in [6, 6.07) is 12.8. The molecule has 0 saturated carbocycles. The molecule has 0 saturated heterocycles. The van der Waals surface area contributed by atoms with Gasteiger partial charge in [-0.05, 0) is 38.3 Å². The highest BCUT2D eigenvalue weighted by Gasteiger charge is 2.10. The Morgan fingerprint density at radius 2 is 1.86 bits per heavy atom. The summed E-state index contributed by atoms with van der Waals surface area (Å²) in [6.07, 6.45) is 2.23. The van der Waals surface area contributed by atoms with Gasteiger partial charge in [0.2, 0.25) is 0 Å². The average molecular weight is 283 g/mol. The predicted molar refractivity (Wildman–Crippen MR) is 89.6 cm³/mol. The van der Waals surface area contributed by atoms with Crippen LogP contribution in [-0.2, 0) is 13.0 Å². The largest absolute Gasteiger partial charge is 0.374 e. The Balaban J connectivity index is 2.02. The Morgan fingerprint density at radius 1 is 1.14 bits per heavy atom. The van der Waals surface area contributed by atoms with Crippen LogP contribution in [0, 0.1) is 13.8 Å². The lowest BCUT2D eigenvalue weighted by atomic mass is 10.1. The molecule has 0 unspecified atom stereocenters. The van der Waals surface area contributed by atoms with Gasteiger partial charge in [0.05, 0.1) is 0 Å². The second-order valence-corrected chi connectivity index (χ2v) is 5.56. The Morgan fingerprint density at radius 3 is 2.52 bits per heavy atom. The third kappa shape index (κ3) is 4.05. The Kier molecular flexibility index (Phi) is 5.34. The monoisotopic (exact) mass is 283 g/mol. The number of nitrogens with two attached hydrogens (primary N) is 1. The molecule has 0 atom stereocenters. The van der Waals surface area contributed by atoms with Crippen molar-refractivity contribution in [2.24, 2.45) is 5.73 Å². The summed E-state index contributed by atoms with van der Waals surface area (Å²) < 4.78 is 0. The molecular formula is C18H25N3. The van der Waals surface area contributed by atoms with E-state index >= 15 is 0 Å². The lowest BCUT2D eigenvalue weighted by Crippen LogP contribution is -2.22. The minimum atomic E-state index is 0.539. The van der Waals surface area contributed by atoms with E-state index in [0.717, 1.165) is 36.3 Å².